The summed E-state index contributed by atoms with van der Waals surface area (Å²) in [6.45, 7) is 6.17. The normalized spacial score (nSPS) is 16.9. The van der Waals surface area contributed by atoms with Gasteiger partial charge in [0.05, 0.1) is 30.3 Å². The lowest BCUT2D eigenvalue weighted by atomic mass is 10.2. The third-order valence-corrected chi connectivity index (χ3v) is 4.14. The van der Waals surface area contributed by atoms with E-state index < -0.39 is 5.97 Å². The summed E-state index contributed by atoms with van der Waals surface area (Å²) in [7, 11) is 0. The number of aromatic nitrogens is 1. The predicted molar refractivity (Wildman–Crippen MR) is 68.9 cm³/mol. The molecule has 0 saturated carbocycles. The molecule has 5 nitrogen and oxygen atoms in total. The first kappa shape index (κ1) is 13.5. The molecule has 0 amide bonds. The van der Waals surface area contributed by atoms with Crippen LogP contribution in [0.3, 0.4) is 0 Å². The van der Waals surface area contributed by atoms with E-state index in [4.69, 9.17) is 9.84 Å². The summed E-state index contributed by atoms with van der Waals surface area (Å²) in [5.41, 5.74) is 0.732. The first-order valence-corrected chi connectivity index (χ1v) is 7.00. The molecule has 0 atom stereocenters. The van der Waals surface area contributed by atoms with E-state index in [1.807, 2.05) is 6.92 Å². The Morgan fingerprint density at radius 3 is 2.83 bits per heavy atom. The summed E-state index contributed by atoms with van der Waals surface area (Å²) in [6, 6.07) is 0. The second kappa shape index (κ2) is 6.26. The smallest absolute Gasteiger partial charge is 0.309 e. The van der Waals surface area contributed by atoms with Gasteiger partial charge in [0.1, 0.15) is 0 Å². The summed E-state index contributed by atoms with van der Waals surface area (Å²) < 4.78 is 5.31. The van der Waals surface area contributed by atoms with E-state index in [2.05, 4.69) is 9.88 Å². The Balaban J connectivity index is 2.08. The average Bonchev–Trinajstić information content (AvgIpc) is 2.72. The van der Waals surface area contributed by atoms with Crippen molar-refractivity contribution >= 4 is 17.3 Å². The van der Waals surface area contributed by atoms with Crippen molar-refractivity contribution in [1.29, 1.82) is 0 Å². The number of carboxylic acid groups (broad SMARTS) is 1. The lowest BCUT2D eigenvalue weighted by Crippen LogP contribution is -2.35. The molecular weight excluding hydrogens is 252 g/mol. The maximum Gasteiger partial charge on any atom is 0.309 e. The van der Waals surface area contributed by atoms with Crippen LogP contribution in [-0.2, 0) is 28.9 Å². The van der Waals surface area contributed by atoms with Crippen molar-refractivity contribution in [3.8, 4) is 0 Å². The first-order valence-electron chi connectivity index (χ1n) is 6.18. The predicted octanol–water partition coefficient (Wildman–Crippen LogP) is 1.16. The zero-order valence-corrected chi connectivity index (χ0v) is 11.3. The van der Waals surface area contributed by atoms with Gasteiger partial charge in [-0.05, 0) is 6.42 Å². The van der Waals surface area contributed by atoms with Gasteiger partial charge in [-0.2, -0.15) is 0 Å². The Bertz CT molecular complexity index is 413. The van der Waals surface area contributed by atoms with Gasteiger partial charge in [0.25, 0.3) is 0 Å². The molecule has 6 heteroatoms. The van der Waals surface area contributed by atoms with Crippen LogP contribution in [0.5, 0.6) is 0 Å². The number of aliphatic carboxylic acids is 1. The number of carbonyl (C=O) groups is 1. The molecule has 0 unspecified atom stereocenters. The van der Waals surface area contributed by atoms with E-state index in [0.717, 1.165) is 54.8 Å². The van der Waals surface area contributed by atoms with Crippen LogP contribution < -0.4 is 0 Å². The SMILES string of the molecule is CCc1nc(CC(=O)O)c(CN2CCOCC2)s1. The van der Waals surface area contributed by atoms with Crippen molar-refractivity contribution in [2.45, 2.75) is 26.3 Å². The molecular formula is C12H18N2O3S. The standard InChI is InChI=1S/C12H18N2O3S/c1-2-11-13-9(7-12(15)16)10(18-11)8-14-3-5-17-6-4-14/h2-8H2,1H3,(H,15,16). The van der Waals surface area contributed by atoms with E-state index in [1.165, 1.54) is 0 Å². The number of ether oxygens (including phenoxy) is 1. The topological polar surface area (TPSA) is 62.7 Å². The highest BCUT2D eigenvalue weighted by molar-refractivity contribution is 7.11. The second-order valence-corrected chi connectivity index (χ2v) is 5.46. The molecule has 18 heavy (non-hydrogen) atoms. The van der Waals surface area contributed by atoms with E-state index in [0.29, 0.717) is 0 Å². The Morgan fingerprint density at radius 2 is 2.22 bits per heavy atom. The van der Waals surface area contributed by atoms with E-state index in [1.54, 1.807) is 11.3 Å². The van der Waals surface area contributed by atoms with Crippen molar-refractivity contribution < 1.29 is 14.6 Å². The molecule has 100 valence electrons. The maximum absolute atomic E-state index is 10.8. The van der Waals surface area contributed by atoms with Crippen molar-refractivity contribution in [3.05, 3.63) is 15.6 Å². The Morgan fingerprint density at radius 1 is 1.50 bits per heavy atom. The Hall–Kier alpha value is -0.980. The van der Waals surface area contributed by atoms with Crippen LogP contribution in [0, 0.1) is 0 Å². The molecule has 0 bridgehead atoms. The number of thiazole rings is 1. The summed E-state index contributed by atoms with van der Waals surface area (Å²) in [5.74, 6) is -0.814. The third-order valence-electron chi connectivity index (χ3n) is 2.91. The third kappa shape index (κ3) is 3.51. The van der Waals surface area contributed by atoms with Gasteiger partial charge >= 0.3 is 5.97 Å². The average molecular weight is 270 g/mol. The molecule has 2 heterocycles. The van der Waals surface area contributed by atoms with Crippen LogP contribution in [0.15, 0.2) is 0 Å². The van der Waals surface area contributed by atoms with Crippen LogP contribution in [0.25, 0.3) is 0 Å². The quantitative estimate of drug-likeness (QED) is 0.870. The Labute approximate surface area is 110 Å². The van der Waals surface area contributed by atoms with E-state index in [-0.39, 0.29) is 6.42 Å². The van der Waals surface area contributed by atoms with Gasteiger partial charge in [0.15, 0.2) is 0 Å². The molecule has 1 aliphatic rings. The van der Waals surface area contributed by atoms with Crippen molar-refractivity contribution in [3.63, 3.8) is 0 Å². The highest BCUT2D eigenvalue weighted by Crippen LogP contribution is 2.22. The molecule has 0 aromatic carbocycles. The number of rotatable bonds is 5. The van der Waals surface area contributed by atoms with Gasteiger partial charge in [-0.3, -0.25) is 9.69 Å². The summed E-state index contributed by atoms with van der Waals surface area (Å²) in [6.07, 6.45) is 0.885. The van der Waals surface area contributed by atoms with E-state index in [9.17, 15) is 4.79 Å². The van der Waals surface area contributed by atoms with Crippen LogP contribution in [-0.4, -0.2) is 47.3 Å². The zero-order valence-electron chi connectivity index (χ0n) is 10.5. The van der Waals surface area contributed by atoms with Crippen LogP contribution in [0.2, 0.25) is 0 Å². The lowest BCUT2D eigenvalue weighted by Gasteiger charge is -2.26. The van der Waals surface area contributed by atoms with Crippen LogP contribution in [0.4, 0.5) is 0 Å². The number of carboxylic acids is 1. The minimum Gasteiger partial charge on any atom is -0.481 e. The van der Waals surface area contributed by atoms with Gasteiger partial charge in [-0.1, -0.05) is 6.92 Å². The fraction of sp³-hybridized carbons (Fsp3) is 0.667. The fourth-order valence-electron chi connectivity index (χ4n) is 1.96. The van der Waals surface area contributed by atoms with Gasteiger partial charge in [-0.25, -0.2) is 4.98 Å². The summed E-state index contributed by atoms with van der Waals surface area (Å²) in [5, 5.41) is 9.93. The minimum atomic E-state index is -0.814. The highest BCUT2D eigenvalue weighted by atomic mass is 32.1. The van der Waals surface area contributed by atoms with E-state index >= 15 is 0 Å². The molecule has 1 aliphatic heterocycles. The highest BCUT2D eigenvalue weighted by Gasteiger charge is 2.17. The Kier molecular flexibility index (Phi) is 4.68. The molecule has 0 aliphatic carbocycles. The minimum absolute atomic E-state index is 0.0240. The number of nitrogens with zero attached hydrogens (tertiary/aromatic N) is 2. The van der Waals surface area contributed by atoms with Gasteiger partial charge < -0.3 is 9.84 Å². The zero-order chi connectivity index (χ0) is 13.0. The number of aryl methyl sites for hydroxylation is 1. The number of hydrogen-bond donors (Lipinski definition) is 1. The van der Waals surface area contributed by atoms with Gasteiger partial charge in [-0.15, -0.1) is 11.3 Å². The fourth-order valence-corrected chi connectivity index (χ4v) is 3.02. The molecule has 1 saturated heterocycles. The maximum atomic E-state index is 10.8. The van der Waals surface area contributed by atoms with Crippen molar-refractivity contribution in [1.82, 2.24) is 9.88 Å². The summed E-state index contributed by atoms with van der Waals surface area (Å²) >= 11 is 1.64. The molecule has 1 fully saturated rings. The molecule has 2 rings (SSSR count). The van der Waals surface area contributed by atoms with Crippen LogP contribution in [0.1, 0.15) is 22.5 Å². The largest absolute Gasteiger partial charge is 0.481 e. The van der Waals surface area contributed by atoms with Crippen molar-refractivity contribution in [2.75, 3.05) is 26.3 Å². The first-order chi connectivity index (χ1) is 8.69. The van der Waals surface area contributed by atoms with Crippen molar-refractivity contribution in [2.24, 2.45) is 0 Å². The lowest BCUT2D eigenvalue weighted by molar-refractivity contribution is -0.136. The number of hydrogen-bond acceptors (Lipinski definition) is 5. The monoisotopic (exact) mass is 270 g/mol. The molecule has 0 spiro atoms. The second-order valence-electron chi connectivity index (χ2n) is 4.29. The molecule has 0 radical (unpaired) electrons. The molecule has 1 N–H and O–H groups in total. The summed E-state index contributed by atoms with van der Waals surface area (Å²) in [4.78, 5) is 18.6. The number of morpholine rings is 1. The van der Waals surface area contributed by atoms with Gasteiger partial charge in [0, 0.05) is 24.5 Å². The molecule has 1 aromatic rings. The van der Waals surface area contributed by atoms with Gasteiger partial charge in [0.2, 0.25) is 0 Å². The van der Waals surface area contributed by atoms with Crippen LogP contribution >= 0.6 is 11.3 Å². The molecule has 1 aromatic heterocycles.